The van der Waals surface area contributed by atoms with E-state index in [1.165, 1.54) is 31.3 Å². The molecule has 0 N–H and O–H groups in total. The van der Waals surface area contributed by atoms with Crippen molar-refractivity contribution in [1.29, 1.82) is 0 Å². The van der Waals surface area contributed by atoms with Crippen LogP contribution >= 0.6 is 22.9 Å². The zero-order valence-electron chi connectivity index (χ0n) is 13.9. The van der Waals surface area contributed by atoms with Crippen molar-refractivity contribution >= 4 is 49.0 Å². The van der Waals surface area contributed by atoms with Crippen molar-refractivity contribution in [3.05, 3.63) is 64.5 Å². The first-order valence-electron chi connectivity index (χ1n) is 7.70. The first kappa shape index (κ1) is 18.8. The van der Waals surface area contributed by atoms with Crippen LogP contribution < -0.4 is 0 Å². The molecule has 0 spiro atoms. The predicted octanol–water partition coefficient (Wildman–Crippen LogP) is 3.92. The van der Waals surface area contributed by atoms with Gasteiger partial charge in [-0.2, -0.15) is 4.31 Å². The van der Waals surface area contributed by atoms with E-state index in [1.54, 1.807) is 11.3 Å². The number of halogens is 1. The van der Waals surface area contributed by atoms with Crippen molar-refractivity contribution < 1.29 is 17.9 Å². The number of sulfonamides is 1. The number of rotatable bonds is 6. The summed E-state index contributed by atoms with van der Waals surface area (Å²) in [6, 6.07) is 13.6. The van der Waals surface area contributed by atoms with E-state index in [4.69, 9.17) is 16.3 Å². The van der Waals surface area contributed by atoms with Crippen LogP contribution in [0.4, 0.5) is 0 Å². The van der Waals surface area contributed by atoms with Gasteiger partial charge in [-0.3, -0.25) is 4.79 Å². The largest absolute Gasteiger partial charge is 0.460 e. The van der Waals surface area contributed by atoms with E-state index in [2.05, 4.69) is 0 Å². The Morgan fingerprint density at radius 1 is 1.15 bits per heavy atom. The van der Waals surface area contributed by atoms with Gasteiger partial charge < -0.3 is 4.74 Å². The molecule has 0 radical (unpaired) electrons. The number of likely N-dealkylation sites (N-methyl/N-ethyl adjacent to an activating group) is 1. The van der Waals surface area contributed by atoms with E-state index in [0.717, 1.165) is 20.0 Å². The number of ether oxygens (including phenoxy) is 1. The minimum atomic E-state index is -3.78. The maximum Gasteiger partial charge on any atom is 0.321 e. The molecule has 8 heteroatoms. The van der Waals surface area contributed by atoms with Gasteiger partial charge in [0, 0.05) is 22.3 Å². The average molecular weight is 410 g/mol. The molecule has 2 aromatic carbocycles. The molecule has 0 saturated carbocycles. The van der Waals surface area contributed by atoms with E-state index in [-0.39, 0.29) is 18.0 Å². The number of carbonyl (C=O) groups is 1. The fourth-order valence-corrected chi connectivity index (χ4v) is 4.59. The Balaban J connectivity index is 1.63. The van der Waals surface area contributed by atoms with E-state index in [9.17, 15) is 13.2 Å². The molecule has 0 aliphatic rings. The summed E-state index contributed by atoms with van der Waals surface area (Å²) in [6.45, 7) is -0.259. The number of hydrogen-bond acceptors (Lipinski definition) is 5. The number of nitrogens with zero attached hydrogens (tertiary/aromatic N) is 1. The molecule has 0 amide bonds. The molecule has 0 fully saturated rings. The zero-order valence-corrected chi connectivity index (χ0v) is 16.3. The summed E-state index contributed by atoms with van der Waals surface area (Å²) in [7, 11) is -2.44. The highest BCUT2D eigenvalue weighted by atomic mass is 35.5. The molecule has 5 nitrogen and oxygen atoms in total. The minimum absolute atomic E-state index is 0.0704. The van der Waals surface area contributed by atoms with Crippen LogP contribution in [0.2, 0.25) is 5.02 Å². The second kappa shape index (κ2) is 7.75. The van der Waals surface area contributed by atoms with Gasteiger partial charge in [0.15, 0.2) is 0 Å². The highest BCUT2D eigenvalue weighted by Gasteiger charge is 2.23. The molecule has 0 bridgehead atoms. The number of benzene rings is 2. The van der Waals surface area contributed by atoms with Gasteiger partial charge in [-0.25, -0.2) is 8.42 Å². The number of esters is 1. The molecule has 26 heavy (non-hydrogen) atoms. The first-order chi connectivity index (χ1) is 12.4. The Hall–Kier alpha value is -1.93. The van der Waals surface area contributed by atoms with E-state index in [1.807, 2.05) is 29.6 Å². The van der Waals surface area contributed by atoms with Crippen LogP contribution in [-0.2, 0) is 26.2 Å². The molecule has 136 valence electrons. The average Bonchev–Trinajstić information content (AvgIpc) is 3.03. The van der Waals surface area contributed by atoms with Gasteiger partial charge in [-0.05, 0) is 41.1 Å². The third-order valence-corrected chi connectivity index (χ3v) is 6.91. The van der Waals surface area contributed by atoms with Gasteiger partial charge in [0.2, 0.25) is 10.0 Å². The van der Waals surface area contributed by atoms with Gasteiger partial charge in [0.1, 0.15) is 13.2 Å². The number of hydrogen-bond donors (Lipinski definition) is 0. The number of thiophene rings is 1. The second-order valence-corrected chi connectivity index (χ2v) is 9.03. The lowest BCUT2D eigenvalue weighted by Gasteiger charge is -2.16. The fourth-order valence-electron chi connectivity index (χ4n) is 2.40. The van der Waals surface area contributed by atoms with Crippen LogP contribution in [0.15, 0.2) is 58.8 Å². The lowest BCUT2D eigenvalue weighted by atomic mass is 10.2. The van der Waals surface area contributed by atoms with Crippen LogP contribution in [-0.4, -0.2) is 32.3 Å². The van der Waals surface area contributed by atoms with Gasteiger partial charge in [-0.1, -0.05) is 29.8 Å². The summed E-state index contributed by atoms with van der Waals surface area (Å²) in [4.78, 5) is 12.1. The lowest BCUT2D eigenvalue weighted by Crippen LogP contribution is -2.33. The summed E-state index contributed by atoms with van der Waals surface area (Å²) in [5.41, 5.74) is 0.905. The van der Waals surface area contributed by atoms with Gasteiger partial charge in [0.05, 0.1) is 4.90 Å². The normalized spacial score (nSPS) is 11.8. The maximum absolute atomic E-state index is 12.5. The zero-order chi connectivity index (χ0) is 18.7. The molecule has 0 atom stereocenters. The second-order valence-electron chi connectivity index (χ2n) is 5.63. The van der Waals surface area contributed by atoms with Crippen molar-refractivity contribution in [2.24, 2.45) is 0 Å². The van der Waals surface area contributed by atoms with Crippen molar-refractivity contribution in [2.45, 2.75) is 11.5 Å². The maximum atomic E-state index is 12.5. The third kappa shape index (κ3) is 4.07. The Morgan fingerprint density at radius 3 is 2.58 bits per heavy atom. The fraction of sp³-hybridized carbons (Fsp3) is 0.167. The first-order valence-corrected chi connectivity index (χ1v) is 10.4. The topological polar surface area (TPSA) is 63.7 Å². The summed E-state index contributed by atoms with van der Waals surface area (Å²) in [6.07, 6.45) is 0. The van der Waals surface area contributed by atoms with Crippen LogP contribution in [0.5, 0.6) is 0 Å². The molecule has 0 aliphatic carbocycles. The molecular formula is C18H16ClNO4S2. The molecule has 1 aromatic heterocycles. The van der Waals surface area contributed by atoms with Crippen LogP contribution in [0.1, 0.15) is 5.56 Å². The van der Waals surface area contributed by atoms with Crippen LogP contribution in [0.25, 0.3) is 10.1 Å². The lowest BCUT2D eigenvalue weighted by molar-refractivity contribution is -0.144. The van der Waals surface area contributed by atoms with Gasteiger partial charge >= 0.3 is 5.97 Å². The van der Waals surface area contributed by atoms with Crippen molar-refractivity contribution in [2.75, 3.05) is 13.6 Å². The smallest absolute Gasteiger partial charge is 0.321 e. The monoisotopic (exact) mass is 409 g/mol. The quantitative estimate of drug-likeness (QED) is 0.579. The van der Waals surface area contributed by atoms with Crippen LogP contribution in [0.3, 0.4) is 0 Å². The van der Waals surface area contributed by atoms with Crippen molar-refractivity contribution in [3.8, 4) is 0 Å². The predicted molar refractivity (Wildman–Crippen MR) is 103 cm³/mol. The number of carbonyl (C=O) groups excluding carboxylic acids is 1. The SMILES string of the molecule is CN(CC(=O)OCc1csc2ccccc12)S(=O)(=O)c1ccc(Cl)cc1. The third-order valence-electron chi connectivity index (χ3n) is 3.82. The molecule has 3 aromatic rings. The Morgan fingerprint density at radius 2 is 1.85 bits per heavy atom. The van der Waals surface area contributed by atoms with Crippen molar-refractivity contribution in [3.63, 3.8) is 0 Å². The Bertz CT molecular complexity index is 1030. The molecule has 3 rings (SSSR count). The highest BCUT2D eigenvalue weighted by Crippen LogP contribution is 2.26. The molecule has 0 aliphatic heterocycles. The van der Waals surface area contributed by atoms with Gasteiger partial charge in [-0.15, -0.1) is 11.3 Å². The van der Waals surface area contributed by atoms with Crippen LogP contribution in [0, 0.1) is 0 Å². The number of fused-ring (bicyclic) bond motifs is 1. The highest BCUT2D eigenvalue weighted by molar-refractivity contribution is 7.89. The summed E-state index contributed by atoms with van der Waals surface area (Å²) in [5, 5.41) is 3.41. The summed E-state index contributed by atoms with van der Waals surface area (Å²) < 4.78 is 32.3. The van der Waals surface area contributed by atoms with E-state index >= 15 is 0 Å². The van der Waals surface area contributed by atoms with E-state index < -0.39 is 16.0 Å². The summed E-state index contributed by atoms with van der Waals surface area (Å²) >= 11 is 7.35. The minimum Gasteiger partial charge on any atom is -0.460 e. The Labute approximate surface area is 160 Å². The van der Waals surface area contributed by atoms with Gasteiger partial charge in [0.25, 0.3) is 0 Å². The van der Waals surface area contributed by atoms with E-state index in [0.29, 0.717) is 5.02 Å². The molecular weight excluding hydrogens is 394 g/mol. The Kier molecular flexibility index (Phi) is 5.62. The summed E-state index contributed by atoms with van der Waals surface area (Å²) in [5.74, 6) is -0.611. The molecule has 0 unspecified atom stereocenters. The molecule has 1 heterocycles. The molecule has 0 saturated heterocycles. The van der Waals surface area contributed by atoms with Crippen molar-refractivity contribution in [1.82, 2.24) is 4.31 Å². The standard InChI is InChI=1S/C18H16ClNO4S2/c1-20(26(22,23)15-8-6-14(19)7-9-15)10-18(21)24-11-13-12-25-17-5-3-2-4-16(13)17/h2-9,12H,10-11H2,1H3.